The summed E-state index contributed by atoms with van der Waals surface area (Å²) in [5.41, 5.74) is 0.420. The summed E-state index contributed by atoms with van der Waals surface area (Å²) in [7, 11) is 0. The second-order valence-corrected chi connectivity index (χ2v) is 7.63. The molecule has 23 heavy (non-hydrogen) atoms. The number of carboxylic acids is 1. The van der Waals surface area contributed by atoms with E-state index >= 15 is 0 Å². The van der Waals surface area contributed by atoms with Gasteiger partial charge in [0, 0.05) is 12.3 Å². The first kappa shape index (κ1) is 17.9. The van der Waals surface area contributed by atoms with Crippen LogP contribution in [0.2, 0.25) is 0 Å². The minimum atomic E-state index is -0.776. The summed E-state index contributed by atoms with van der Waals surface area (Å²) in [5.74, 6) is -0.0707. The highest BCUT2D eigenvalue weighted by molar-refractivity contribution is 7.99. The average Bonchev–Trinajstić information content (AvgIpc) is 2.59. The van der Waals surface area contributed by atoms with Gasteiger partial charge in [-0.15, -0.1) is 11.8 Å². The second kappa shape index (κ2) is 8.39. The Bertz CT molecular complexity index is 526. The van der Waals surface area contributed by atoms with E-state index in [0.717, 1.165) is 25.0 Å². The van der Waals surface area contributed by atoms with Gasteiger partial charge in [0.15, 0.2) is 0 Å². The summed E-state index contributed by atoms with van der Waals surface area (Å²) < 4.78 is 0. The predicted molar refractivity (Wildman–Crippen MR) is 93.4 cm³/mol. The smallest absolute Gasteiger partial charge is 0.311 e. The van der Waals surface area contributed by atoms with E-state index in [2.05, 4.69) is 5.32 Å². The number of amides is 1. The van der Waals surface area contributed by atoms with Crippen LogP contribution >= 0.6 is 11.8 Å². The molecule has 2 rings (SSSR count). The van der Waals surface area contributed by atoms with Gasteiger partial charge in [-0.1, -0.05) is 49.6 Å². The fourth-order valence-electron chi connectivity index (χ4n) is 2.97. The minimum absolute atomic E-state index is 0.0721. The van der Waals surface area contributed by atoms with Crippen LogP contribution < -0.4 is 5.32 Å². The van der Waals surface area contributed by atoms with Gasteiger partial charge in [0.1, 0.15) is 0 Å². The molecule has 0 radical (unpaired) electrons. The summed E-state index contributed by atoms with van der Waals surface area (Å²) in [5, 5.41) is 12.2. The molecule has 1 saturated carbocycles. The molecule has 0 aromatic heterocycles. The van der Waals surface area contributed by atoms with Gasteiger partial charge in [-0.3, -0.25) is 9.59 Å². The highest BCUT2D eigenvalue weighted by Crippen LogP contribution is 2.36. The van der Waals surface area contributed by atoms with Crippen LogP contribution in [0.5, 0.6) is 0 Å². The number of carbonyl (C=O) groups excluding carboxylic acids is 1. The number of hydrogen-bond acceptors (Lipinski definition) is 3. The zero-order chi connectivity index (χ0) is 16.7. The van der Waals surface area contributed by atoms with Gasteiger partial charge in [0.2, 0.25) is 5.91 Å². The number of hydrogen-bond donors (Lipinski definition) is 2. The molecule has 0 spiro atoms. The number of aliphatic carboxylic acids is 1. The average molecular weight is 335 g/mol. The van der Waals surface area contributed by atoms with Crippen LogP contribution in [-0.2, 0) is 15.3 Å². The largest absolute Gasteiger partial charge is 0.481 e. The number of carboxylic acid groups (broad SMARTS) is 1. The van der Waals surface area contributed by atoms with Crippen LogP contribution in [0, 0.1) is 5.41 Å². The number of carbonyl (C=O) groups is 2. The Morgan fingerprint density at radius 2 is 1.87 bits per heavy atom. The number of benzene rings is 1. The zero-order valence-corrected chi connectivity index (χ0v) is 14.4. The monoisotopic (exact) mass is 335 g/mol. The summed E-state index contributed by atoms with van der Waals surface area (Å²) in [4.78, 5) is 23.9. The van der Waals surface area contributed by atoms with Gasteiger partial charge in [-0.25, -0.2) is 0 Å². The van der Waals surface area contributed by atoms with Gasteiger partial charge in [0.25, 0.3) is 0 Å². The Balaban J connectivity index is 1.82. The lowest BCUT2D eigenvalue weighted by Gasteiger charge is -2.33. The third-order valence-corrected chi connectivity index (χ3v) is 5.79. The number of nitrogens with one attached hydrogen (secondary N) is 1. The maximum absolute atomic E-state index is 12.2. The SMILES string of the molecule is CC(SCc1ccccc1)C(=O)NCC1(C(=O)O)CCCCC1. The van der Waals surface area contributed by atoms with Crippen molar-refractivity contribution in [1.82, 2.24) is 5.32 Å². The normalized spacial score (nSPS) is 18.1. The molecule has 126 valence electrons. The molecule has 5 heteroatoms. The lowest BCUT2D eigenvalue weighted by molar-refractivity contribution is -0.151. The van der Waals surface area contributed by atoms with Crippen molar-refractivity contribution in [3.05, 3.63) is 35.9 Å². The molecule has 1 amide bonds. The van der Waals surface area contributed by atoms with Crippen LogP contribution in [0.3, 0.4) is 0 Å². The minimum Gasteiger partial charge on any atom is -0.481 e. The van der Waals surface area contributed by atoms with Crippen LogP contribution in [0.25, 0.3) is 0 Å². The van der Waals surface area contributed by atoms with E-state index in [1.54, 1.807) is 11.8 Å². The lowest BCUT2D eigenvalue weighted by atomic mass is 9.74. The van der Waals surface area contributed by atoms with Crippen molar-refractivity contribution in [1.29, 1.82) is 0 Å². The predicted octanol–water partition coefficient (Wildman–Crippen LogP) is 3.46. The molecular weight excluding hydrogens is 310 g/mol. The molecule has 0 saturated heterocycles. The van der Waals surface area contributed by atoms with Gasteiger partial charge in [0.05, 0.1) is 10.7 Å². The van der Waals surface area contributed by atoms with Gasteiger partial charge in [-0.2, -0.15) is 0 Å². The van der Waals surface area contributed by atoms with E-state index in [1.165, 1.54) is 5.56 Å². The van der Waals surface area contributed by atoms with Crippen molar-refractivity contribution in [2.45, 2.75) is 50.0 Å². The molecule has 0 bridgehead atoms. The van der Waals surface area contributed by atoms with Crippen LogP contribution in [0.4, 0.5) is 0 Å². The molecule has 0 aliphatic heterocycles. The van der Waals surface area contributed by atoms with Gasteiger partial charge in [-0.05, 0) is 25.3 Å². The van der Waals surface area contributed by atoms with Crippen molar-refractivity contribution in [2.75, 3.05) is 6.54 Å². The van der Waals surface area contributed by atoms with Crippen LogP contribution in [-0.4, -0.2) is 28.8 Å². The Morgan fingerprint density at radius 3 is 2.48 bits per heavy atom. The first-order chi connectivity index (χ1) is 11.0. The van der Waals surface area contributed by atoms with Gasteiger partial charge < -0.3 is 10.4 Å². The second-order valence-electron chi connectivity index (χ2n) is 6.30. The molecule has 0 heterocycles. The van der Waals surface area contributed by atoms with E-state index in [-0.39, 0.29) is 17.7 Å². The highest BCUT2D eigenvalue weighted by Gasteiger charge is 2.40. The van der Waals surface area contributed by atoms with Crippen molar-refractivity contribution < 1.29 is 14.7 Å². The van der Waals surface area contributed by atoms with E-state index in [4.69, 9.17) is 0 Å². The van der Waals surface area contributed by atoms with Crippen molar-refractivity contribution in [3.63, 3.8) is 0 Å². The third-order valence-electron chi connectivity index (χ3n) is 4.58. The molecule has 1 atom stereocenters. The van der Waals surface area contributed by atoms with Gasteiger partial charge >= 0.3 is 5.97 Å². The fraction of sp³-hybridized carbons (Fsp3) is 0.556. The standard InChI is InChI=1S/C18H25NO3S/c1-14(23-12-15-8-4-2-5-9-15)16(20)19-13-18(17(21)22)10-6-3-7-11-18/h2,4-5,8-9,14H,3,6-7,10-13H2,1H3,(H,19,20)(H,21,22). The first-order valence-corrected chi connectivity index (χ1v) is 9.25. The Hall–Kier alpha value is -1.49. The molecule has 1 unspecified atom stereocenters. The van der Waals surface area contributed by atoms with E-state index in [9.17, 15) is 14.7 Å². The summed E-state index contributed by atoms with van der Waals surface area (Å²) in [6.45, 7) is 2.12. The molecule has 1 aliphatic carbocycles. The topological polar surface area (TPSA) is 66.4 Å². The molecule has 1 aromatic rings. The molecule has 2 N–H and O–H groups in total. The van der Waals surface area contributed by atoms with Crippen LogP contribution in [0.15, 0.2) is 30.3 Å². The molecule has 1 aromatic carbocycles. The van der Waals surface area contributed by atoms with E-state index in [1.807, 2.05) is 37.3 Å². The molecule has 1 aliphatic rings. The van der Waals surface area contributed by atoms with Crippen molar-refractivity contribution >= 4 is 23.6 Å². The Kier molecular flexibility index (Phi) is 6.51. The fourth-order valence-corrected chi connectivity index (χ4v) is 3.84. The lowest BCUT2D eigenvalue weighted by Crippen LogP contribution is -2.46. The van der Waals surface area contributed by atoms with Crippen molar-refractivity contribution in [2.24, 2.45) is 5.41 Å². The first-order valence-electron chi connectivity index (χ1n) is 8.20. The zero-order valence-electron chi connectivity index (χ0n) is 13.6. The number of thioether (sulfide) groups is 1. The maximum atomic E-state index is 12.2. The Morgan fingerprint density at radius 1 is 1.22 bits per heavy atom. The molecule has 1 fully saturated rings. The summed E-state index contributed by atoms with van der Waals surface area (Å²) >= 11 is 1.57. The number of rotatable bonds is 7. The Labute approximate surface area is 142 Å². The van der Waals surface area contributed by atoms with E-state index in [0.29, 0.717) is 12.8 Å². The quantitative estimate of drug-likeness (QED) is 0.801. The molecular formula is C18H25NO3S. The third kappa shape index (κ3) is 4.99. The van der Waals surface area contributed by atoms with Crippen molar-refractivity contribution in [3.8, 4) is 0 Å². The van der Waals surface area contributed by atoms with E-state index < -0.39 is 11.4 Å². The maximum Gasteiger partial charge on any atom is 0.311 e. The highest BCUT2D eigenvalue weighted by atomic mass is 32.2. The summed E-state index contributed by atoms with van der Waals surface area (Å²) in [6.07, 6.45) is 4.27. The summed E-state index contributed by atoms with van der Waals surface area (Å²) in [6, 6.07) is 10.0. The van der Waals surface area contributed by atoms with Crippen LogP contribution in [0.1, 0.15) is 44.6 Å². The molecule has 4 nitrogen and oxygen atoms in total.